The Balaban J connectivity index is 2.05. The second kappa shape index (κ2) is 5.82. The lowest BCUT2D eigenvalue weighted by atomic mass is 9.76. The van der Waals surface area contributed by atoms with E-state index in [1.165, 1.54) is 6.42 Å². The Morgan fingerprint density at radius 3 is 2.60 bits per heavy atom. The van der Waals surface area contributed by atoms with Gasteiger partial charge in [0.1, 0.15) is 0 Å². The molecule has 2 N–H and O–H groups in total. The van der Waals surface area contributed by atoms with Gasteiger partial charge in [0, 0.05) is 7.11 Å². The molecule has 5 heteroatoms. The summed E-state index contributed by atoms with van der Waals surface area (Å²) in [6, 6.07) is 0. The number of methoxy groups -OCH3 is 1. The highest BCUT2D eigenvalue weighted by Gasteiger charge is 2.37. The van der Waals surface area contributed by atoms with Gasteiger partial charge in [0.25, 0.3) is 0 Å². The van der Waals surface area contributed by atoms with Crippen LogP contribution in [0.15, 0.2) is 4.52 Å². The van der Waals surface area contributed by atoms with Crippen LogP contribution < -0.4 is 5.73 Å². The van der Waals surface area contributed by atoms with Crippen LogP contribution in [0.5, 0.6) is 0 Å². The molecule has 1 heterocycles. The second-order valence-corrected chi connectivity index (χ2v) is 6.66. The molecule has 1 aromatic rings. The van der Waals surface area contributed by atoms with Crippen molar-refractivity contribution in [2.24, 2.45) is 11.7 Å². The van der Waals surface area contributed by atoms with Crippen LogP contribution in [0, 0.1) is 5.92 Å². The third kappa shape index (κ3) is 3.38. The molecule has 114 valence electrons. The molecule has 2 rings (SSSR count). The van der Waals surface area contributed by atoms with E-state index >= 15 is 0 Å². The summed E-state index contributed by atoms with van der Waals surface area (Å²) in [6.45, 7) is 6.25. The smallest absolute Gasteiger partial charge is 0.229 e. The van der Waals surface area contributed by atoms with Crippen LogP contribution in [0.25, 0.3) is 0 Å². The topological polar surface area (TPSA) is 74.2 Å². The largest absolute Gasteiger partial charge is 0.378 e. The predicted octanol–water partition coefficient (Wildman–Crippen LogP) is 2.79. The lowest BCUT2D eigenvalue weighted by Crippen LogP contribution is -2.41. The Labute approximate surface area is 121 Å². The van der Waals surface area contributed by atoms with Gasteiger partial charge in [-0.1, -0.05) is 18.5 Å². The molecule has 0 unspecified atom stereocenters. The molecule has 0 atom stereocenters. The average molecular weight is 281 g/mol. The molecule has 0 spiro atoms. The Bertz CT molecular complexity index is 434. The van der Waals surface area contributed by atoms with Gasteiger partial charge >= 0.3 is 0 Å². The van der Waals surface area contributed by atoms with E-state index in [2.05, 4.69) is 17.1 Å². The normalized spacial score (nSPS) is 27.8. The van der Waals surface area contributed by atoms with Crippen LogP contribution in [0.1, 0.15) is 64.6 Å². The highest BCUT2D eigenvalue weighted by molar-refractivity contribution is 5.06. The number of aromatic nitrogens is 2. The molecule has 1 aliphatic rings. The average Bonchev–Trinajstić information content (AvgIpc) is 2.88. The lowest BCUT2D eigenvalue weighted by molar-refractivity contribution is 0.0170. The maximum Gasteiger partial charge on any atom is 0.229 e. The molecule has 1 aromatic heterocycles. The minimum Gasteiger partial charge on any atom is -0.378 e. The van der Waals surface area contributed by atoms with Crippen molar-refractivity contribution in [1.29, 1.82) is 0 Å². The molecule has 20 heavy (non-hydrogen) atoms. The molecule has 0 aliphatic heterocycles. The highest BCUT2D eigenvalue weighted by Crippen LogP contribution is 2.37. The first-order chi connectivity index (χ1) is 9.38. The van der Waals surface area contributed by atoms with Crippen molar-refractivity contribution in [3.05, 3.63) is 11.7 Å². The van der Waals surface area contributed by atoms with Crippen LogP contribution in [-0.4, -0.2) is 22.9 Å². The third-order valence-electron chi connectivity index (χ3n) is 4.62. The quantitative estimate of drug-likeness (QED) is 0.898. The number of hydrogen-bond donors (Lipinski definition) is 1. The van der Waals surface area contributed by atoms with Crippen molar-refractivity contribution >= 4 is 0 Å². The first kappa shape index (κ1) is 15.4. The molecule has 1 saturated carbocycles. The minimum atomic E-state index is -0.412. The van der Waals surface area contributed by atoms with E-state index in [1.54, 1.807) is 7.11 Å². The Morgan fingerprint density at radius 2 is 2.05 bits per heavy atom. The molecule has 1 fully saturated rings. The number of rotatable bonds is 5. The summed E-state index contributed by atoms with van der Waals surface area (Å²) in [6.07, 6.45) is 6.02. The van der Waals surface area contributed by atoms with Gasteiger partial charge < -0.3 is 15.0 Å². The summed E-state index contributed by atoms with van der Waals surface area (Å²) in [5.74, 6) is 2.06. The van der Waals surface area contributed by atoms with Crippen molar-refractivity contribution < 1.29 is 9.26 Å². The zero-order valence-electron chi connectivity index (χ0n) is 13.1. The van der Waals surface area contributed by atoms with Gasteiger partial charge in [0.2, 0.25) is 5.89 Å². The number of hydrogen-bond acceptors (Lipinski definition) is 5. The molecule has 5 nitrogen and oxygen atoms in total. The fourth-order valence-corrected chi connectivity index (χ4v) is 2.79. The zero-order chi connectivity index (χ0) is 14.8. The summed E-state index contributed by atoms with van der Waals surface area (Å²) in [7, 11) is 1.69. The van der Waals surface area contributed by atoms with Crippen LogP contribution in [0.4, 0.5) is 0 Å². The standard InChI is InChI=1S/C15H27N3O2/c1-5-11-6-8-15(16,9-7-11)13-17-12(20-18-13)10-14(2,3)19-4/h11H,5-10,16H2,1-4H3. The predicted molar refractivity (Wildman–Crippen MR) is 77.2 cm³/mol. The Morgan fingerprint density at radius 1 is 1.40 bits per heavy atom. The van der Waals surface area contributed by atoms with Crippen molar-refractivity contribution in [2.75, 3.05) is 7.11 Å². The van der Waals surface area contributed by atoms with Gasteiger partial charge in [0.15, 0.2) is 5.82 Å². The van der Waals surface area contributed by atoms with Crippen molar-refractivity contribution in [1.82, 2.24) is 10.1 Å². The van der Waals surface area contributed by atoms with Crippen LogP contribution in [0.3, 0.4) is 0 Å². The first-order valence-electron chi connectivity index (χ1n) is 7.55. The van der Waals surface area contributed by atoms with Gasteiger partial charge in [-0.25, -0.2) is 0 Å². The fraction of sp³-hybridized carbons (Fsp3) is 0.867. The van der Waals surface area contributed by atoms with E-state index < -0.39 is 5.54 Å². The zero-order valence-corrected chi connectivity index (χ0v) is 13.1. The SMILES string of the molecule is CCC1CCC(N)(c2noc(CC(C)(C)OC)n2)CC1. The summed E-state index contributed by atoms with van der Waals surface area (Å²) in [4.78, 5) is 4.51. The Hall–Kier alpha value is -0.940. The molecule has 0 bridgehead atoms. The molecule has 0 amide bonds. The van der Waals surface area contributed by atoms with E-state index in [0.29, 0.717) is 18.1 Å². The van der Waals surface area contributed by atoms with Gasteiger partial charge in [-0.3, -0.25) is 0 Å². The van der Waals surface area contributed by atoms with Crippen molar-refractivity contribution in [3.8, 4) is 0 Å². The van der Waals surface area contributed by atoms with E-state index in [1.807, 2.05) is 13.8 Å². The van der Waals surface area contributed by atoms with E-state index in [4.69, 9.17) is 15.0 Å². The van der Waals surface area contributed by atoms with Crippen molar-refractivity contribution in [3.63, 3.8) is 0 Å². The molecule has 1 aliphatic carbocycles. The highest BCUT2D eigenvalue weighted by atomic mass is 16.5. The maximum atomic E-state index is 6.49. The second-order valence-electron chi connectivity index (χ2n) is 6.66. The monoisotopic (exact) mass is 281 g/mol. The number of nitrogens with two attached hydrogens (primary N) is 1. The molecule has 0 aromatic carbocycles. The van der Waals surface area contributed by atoms with E-state index in [0.717, 1.165) is 31.6 Å². The number of ether oxygens (including phenoxy) is 1. The van der Waals surface area contributed by atoms with Gasteiger partial charge in [0.05, 0.1) is 17.6 Å². The fourth-order valence-electron chi connectivity index (χ4n) is 2.79. The van der Waals surface area contributed by atoms with Gasteiger partial charge in [-0.05, 0) is 45.4 Å². The van der Waals surface area contributed by atoms with Crippen LogP contribution >= 0.6 is 0 Å². The minimum absolute atomic E-state index is 0.300. The summed E-state index contributed by atoms with van der Waals surface area (Å²) < 4.78 is 10.7. The first-order valence-corrected chi connectivity index (χ1v) is 7.55. The summed E-state index contributed by atoms with van der Waals surface area (Å²) in [5, 5.41) is 4.11. The van der Waals surface area contributed by atoms with Crippen LogP contribution in [0.2, 0.25) is 0 Å². The lowest BCUT2D eigenvalue weighted by Gasteiger charge is -2.34. The number of nitrogens with zero attached hydrogens (tertiary/aromatic N) is 2. The van der Waals surface area contributed by atoms with Gasteiger partial charge in [-0.2, -0.15) is 4.98 Å². The summed E-state index contributed by atoms with van der Waals surface area (Å²) in [5.41, 5.74) is 5.78. The molecular weight excluding hydrogens is 254 g/mol. The third-order valence-corrected chi connectivity index (χ3v) is 4.62. The molecular formula is C15H27N3O2. The molecule has 0 saturated heterocycles. The van der Waals surface area contributed by atoms with Gasteiger partial charge in [-0.15, -0.1) is 0 Å². The summed E-state index contributed by atoms with van der Waals surface area (Å²) >= 11 is 0. The molecule has 0 radical (unpaired) electrons. The van der Waals surface area contributed by atoms with E-state index in [9.17, 15) is 0 Å². The van der Waals surface area contributed by atoms with Crippen LogP contribution in [-0.2, 0) is 16.7 Å². The maximum absolute atomic E-state index is 6.49. The van der Waals surface area contributed by atoms with E-state index in [-0.39, 0.29) is 5.60 Å². The van der Waals surface area contributed by atoms with Crippen molar-refractivity contribution in [2.45, 2.75) is 70.4 Å². The Kier molecular flexibility index (Phi) is 4.49.